The van der Waals surface area contributed by atoms with Gasteiger partial charge in [0.05, 0.1) is 0 Å². The van der Waals surface area contributed by atoms with Crippen molar-refractivity contribution >= 4 is 17.3 Å². The Labute approximate surface area is 191 Å². The predicted molar refractivity (Wildman–Crippen MR) is 133 cm³/mol. The molecule has 1 aliphatic rings. The summed E-state index contributed by atoms with van der Waals surface area (Å²) in [4.78, 5) is 17.5. The summed E-state index contributed by atoms with van der Waals surface area (Å²) in [5, 5.41) is 3.02. The number of carbonyl (C=O) groups is 1. The maximum absolute atomic E-state index is 12.6. The Kier molecular flexibility index (Phi) is 6.61. The van der Waals surface area contributed by atoms with Crippen LogP contribution in [0.3, 0.4) is 0 Å². The number of hydrogen-bond donors (Lipinski definition) is 1. The molecule has 1 amide bonds. The minimum Gasteiger partial charge on any atom is -0.369 e. The largest absolute Gasteiger partial charge is 0.369 e. The van der Waals surface area contributed by atoms with E-state index in [1.54, 1.807) is 0 Å². The van der Waals surface area contributed by atoms with E-state index in [0.717, 1.165) is 38.4 Å². The lowest BCUT2D eigenvalue weighted by atomic mass is 9.87. The summed E-state index contributed by atoms with van der Waals surface area (Å²) in [6.07, 6.45) is 0. The molecule has 166 valence electrons. The molecule has 0 saturated carbocycles. The van der Waals surface area contributed by atoms with Crippen LogP contribution in [0.1, 0.15) is 42.3 Å². The molecule has 3 aromatic rings. The molecular formula is C28H33N3O. The van der Waals surface area contributed by atoms with Gasteiger partial charge >= 0.3 is 0 Å². The number of amides is 1. The number of nitrogens with one attached hydrogen (secondary N) is 1. The Balaban J connectivity index is 1.30. The molecule has 1 N–H and O–H groups in total. The number of anilines is 2. The highest BCUT2D eigenvalue weighted by Crippen LogP contribution is 2.23. The van der Waals surface area contributed by atoms with Crippen molar-refractivity contribution in [2.75, 3.05) is 36.4 Å². The first-order valence-corrected chi connectivity index (χ1v) is 11.4. The number of carbonyl (C=O) groups excluding carboxylic acids is 1. The Morgan fingerprint density at radius 2 is 1.44 bits per heavy atom. The van der Waals surface area contributed by atoms with Crippen LogP contribution in [-0.4, -0.2) is 37.0 Å². The van der Waals surface area contributed by atoms with Gasteiger partial charge in [-0.25, -0.2) is 0 Å². The van der Waals surface area contributed by atoms with E-state index < -0.39 is 0 Å². The Morgan fingerprint density at radius 3 is 2.03 bits per heavy atom. The molecule has 0 radical (unpaired) electrons. The fourth-order valence-electron chi connectivity index (χ4n) is 4.09. The van der Waals surface area contributed by atoms with Crippen LogP contribution in [0.2, 0.25) is 0 Å². The van der Waals surface area contributed by atoms with Gasteiger partial charge < -0.3 is 10.2 Å². The minimum absolute atomic E-state index is 0.0762. The summed E-state index contributed by atoms with van der Waals surface area (Å²) in [6.45, 7) is 11.7. The van der Waals surface area contributed by atoms with Gasteiger partial charge in [-0.1, -0.05) is 63.2 Å². The van der Waals surface area contributed by atoms with Crippen molar-refractivity contribution in [2.45, 2.75) is 32.7 Å². The van der Waals surface area contributed by atoms with E-state index in [4.69, 9.17) is 0 Å². The maximum Gasteiger partial charge on any atom is 0.255 e. The molecule has 4 nitrogen and oxygen atoms in total. The molecule has 1 aliphatic heterocycles. The average molecular weight is 428 g/mol. The molecule has 1 fully saturated rings. The highest BCUT2D eigenvalue weighted by molar-refractivity contribution is 6.04. The van der Waals surface area contributed by atoms with Crippen LogP contribution in [-0.2, 0) is 12.0 Å². The summed E-state index contributed by atoms with van der Waals surface area (Å²) in [5.74, 6) is -0.0762. The molecular weight excluding hydrogens is 394 g/mol. The zero-order chi connectivity index (χ0) is 22.6. The molecule has 32 heavy (non-hydrogen) atoms. The van der Waals surface area contributed by atoms with Gasteiger partial charge in [-0.3, -0.25) is 9.69 Å². The third-order valence-electron chi connectivity index (χ3n) is 6.12. The summed E-state index contributed by atoms with van der Waals surface area (Å²) >= 11 is 0. The first kappa shape index (κ1) is 22.1. The zero-order valence-corrected chi connectivity index (χ0v) is 19.3. The van der Waals surface area contributed by atoms with Gasteiger partial charge in [0.15, 0.2) is 0 Å². The molecule has 1 saturated heterocycles. The lowest BCUT2D eigenvalue weighted by Crippen LogP contribution is -2.45. The van der Waals surface area contributed by atoms with Gasteiger partial charge in [0.1, 0.15) is 0 Å². The zero-order valence-electron chi connectivity index (χ0n) is 19.3. The van der Waals surface area contributed by atoms with Crippen molar-refractivity contribution < 1.29 is 4.79 Å². The summed E-state index contributed by atoms with van der Waals surface area (Å²) in [7, 11) is 0. The van der Waals surface area contributed by atoms with Crippen LogP contribution in [0.25, 0.3) is 0 Å². The second-order valence-corrected chi connectivity index (χ2v) is 9.58. The topological polar surface area (TPSA) is 35.6 Å². The van der Waals surface area contributed by atoms with Crippen molar-refractivity contribution in [1.29, 1.82) is 0 Å². The molecule has 4 rings (SSSR count). The molecule has 4 heteroatoms. The smallest absolute Gasteiger partial charge is 0.255 e. The Bertz CT molecular complexity index is 1010. The molecule has 0 atom stereocenters. The molecule has 0 unspecified atom stereocenters. The summed E-state index contributed by atoms with van der Waals surface area (Å²) < 4.78 is 0. The fourth-order valence-corrected chi connectivity index (χ4v) is 4.09. The predicted octanol–water partition coefficient (Wildman–Crippen LogP) is 5.56. The molecule has 0 spiro atoms. The summed E-state index contributed by atoms with van der Waals surface area (Å²) in [6, 6.07) is 26.7. The second kappa shape index (κ2) is 9.58. The fraction of sp³-hybridized carbons (Fsp3) is 0.321. The van der Waals surface area contributed by atoms with Gasteiger partial charge in [-0.05, 0) is 52.9 Å². The van der Waals surface area contributed by atoms with E-state index in [0.29, 0.717) is 5.56 Å². The molecule has 3 aromatic carbocycles. The van der Waals surface area contributed by atoms with Crippen LogP contribution in [0.4, 0.5) is 11.4 Å². The third-order valence-corrected chi connectivity index (χ3v) is 6.12. The van der Waals surface area contributed by atoms with Crippen molar-refractivity contribution in [3.8, 4) is 0 Å². The van der Waals surface area contributed by atoms with Crippen molar-refractivity contribution in [3.05, 3.63) is 95.6 Å². The molecule has 0 aromatic heterocycles. The monoisotopic (exact) mass is 427 g/mol. The average Bonchev–Trinajstić information content (AvgIpc) is 2.80. The second-order valence-electron chi connectivity index (χ2n) is 9.58. The molecule has 1 heterocycles. The number of hydrogen-bond acceptors (Lipinski definition) is 3. The van der Waals surface area contributed by atoms with E-state index in [1.807, 2.05) is 36.4 Å². The van der Waals surface area contributed by atoms with Crippen LogP contribution < -0.4 is 10.2 Å². The number of nitrogens with zero attached hydrogens (tertiary/aromatic N) is 2. The van der Waals surface area contributed by atoms with Crippen molar-refractivity contribution in [2.24, 2.45) is 0 Å². The summed E-state index contributed by atoms with van der Waals surface area (Å²) in [5.41, 5.74) is 5.38. The third kappa shape index (κ3) is 5.57. The number of piperazine rings is 1. The lowest BCUT2D eigenvalue weighted by Gasteiger charge is -2.36. The highest BCUT2D eigenvalue weighted by Gasteiger charge is 2.18. The van der Waals surface area contributed by atoms with Gasteiger partial charge in [-0.2, -0.15) is 0 Å². The van der Waals surface area contributed by atoms with Gasteiger partial charge in [0, 0.05) is 49.7 Å². The van der Waals surface area contributed by atoms with Crippen LogP contribution in [0.5, 0.6) is 0 Å². The van der Waals surface area contributed by atoms with E-state index >= 15 is 0 Å². The number of benzene rings is 3. The minimum atomic E-state index is -0.0762. The standard InChI is InChI=1S/C28H33N3O/c1-28(2,3)24-11-9-23(10-12-24)27(32)29-25-13-15-26(16-14-25)31-19-17-30(18-20-31)21-22-7-5-4-6-8-22/h4-16H,17-21H2,1-3H3,(H,29,32). The van der Waals surface area contributed by atoms with Crippen molar-refractivity contribution in [1.82, 2.24) is 4.90 Å². The highest BCUT2D eigenvalue weighted by atomic mass is 16.1. The van der Waals surface area contributed by atoms with E-state index in [2.05, 4.69) is 78.4 Å². The van der Waals surface area contributed by atoms with Gasteiger partial charge in [0.2, 0.25) is 0 Å². The first-order valence-electron chi connectivity index (χ1n) is 11.4. The normalized spacial score (nSPS) is 14.9. The van der Waals surface area contributed by atoms with E-state index in [9.17, 15) is 4.79 Å². The van der Waals surface area contributed by atoms with Crippen LogP contribution >= 0.6 is 0 Å². The first-order chi connectivity index (χ1) is 15.4. The van der Waals surface area contributed by atoms with Crippen LogP contribution in [0, 0.1) is 0 Å². The Morgan fingerprint density at radius 1 is 0.812 bits per heavy atom. The number of rotatable bonds is 5. The van der Waals surface area contributed by atoms with Gasteiger partial charge in [-0.15, -0.1) is 0 Å². The molecule has 0 bridgehead atoms. The van der Waals surface area contributed by atoms with Gasteiger partial charge in [0.25, 0.3) is 5.91 Å². The SMILES string of the molecule is CC(C)(C)c1ccc(C(=O)Nc2ccc(N3CCN(Cc4ccccc4)CC3)cc2)cc1. The van der Waals surface area contributed by atoms with Crippen LogP contribution in [0.15, 0.2) is 78.9 Å². The van der Waals surface area contributed by atoms with Crippen molar-refractivity contribution in [3.63, 3.8) is 0 Å². The molecule has 0 aliphatic carbocycles. The quantitative estimate of drug-likeness (QED) is 0.579. The van der Waals surface area contributed by atoms with E-state index in [1.165, 1.54) is 16.8 Å². The lowest BCUT2D eigenvalue weighted by molar-refractivity contribution is 0.102. The Hall–Kier alpha value is -3.11. The maximum atomic E-state index is 12.6. The van der Waals surface area contributed by atoms with E-state index in [-0.39, 0.29) is 11.3 Å².